The summed E-state index contributed by atoms with van der Waals surface area (Å²) < 4.78 is 8.99. The molecule has 0 spiro atoms. The summed E-state index contributed by atoms with van der Waals surface area (Å²) in [6, 6.07) is 68.0. The van der Waals surface area contributed by atoms with Gasteiger partial charge >= 0.3 is 0 Å². The normalized spacial score (nSPS) is 11.8. The average molecular weight is 741 g/mol. The highest BCUT2D eigenvalue weighted by atomic mass is 16.3. The number of rotatable bonds is 5. The lowest BCUT2D eigenvalue weighted by Gasteiger charge is -2.16. The number of nitrogens with zero attached hydrogens (tertiary/aromatic N) is 4. The molecule has 12 rings (SSSR count). The minimum absolute atomic E-state index is 0.576. The van der Waals surface area contributed by atoms with E-state index in [-0.39, 0.29) is 0 Å². The zero-order chi connectivity index (χ0) is 38.2. The molecule has 0 N–H and O–H groups in total. The highest BCUT2D eigenvalue weighted by Gasteiger charge is 2.24. The molecule has 0 radical (unpaired) electrons. The lowest BCUT2D eigenvalue weighted by Crippen LogP contribution is -2.04. The van der Waals surface area contributed by atoms with E-state index in [9.17, 15) is 0 Å². The zero-order valence-electron chi connectivity index (χ0n) is 31.2. The third-order valence-corrected chi connectivity index (χ3v) is 11.4. The van der Waals surface area contributed by atoms with Gasteiger partial charge in [0.1, 0.15) is 11.2 Å². The molecule has 0 fully saturated rings. The van der Waals surface area contributed by atoms with Gasteiger partial charge in [0.25, 0.3) is 0 Å². The van der Waals surface area contributed by atoms with E-state index in [0.717, 1.165) is 77.2 Å². The highest BCUT2D eigenvalue weighted by molar-refractivity contribution is 6.18. The van der Waals surface area contributed by atoms with Crippen LogP contribution in [0.1, 0.15) is 0 Å². The van der Waals surface area contributed by atoms with Crippen molar-refractivity contribution in [1.82, 2.24) is 19.5 Å². The van der Waals surface area contributed by atoms with Gasteiger partial charge in [-0.25, -0.2) is 15.0 Å². The summed E-state index contributed by atoms with van der Waals surface area (Å²) in [5, 5.41) is 9.04. The SMILES string of the molecule is c1ccc(-c2cccc(-c3nc(-c4ccc5ccccc5c4)nc(-c4ccc5oc6ccccc6c5c4-n4c5ccccc5c5cc6ccccc6cc54)n3)c2)cc1. The third kappa shape index (κ3) is 5.14. The van der Waals surface area contributed by atoms with Gasteiger partial charge in [0.2, 0.25) is 0 Å². The molecule has 0 atom stereocenters. The standard InChI is InChI=1S/C53H32N4O/c1-2-13-33(14-3-1)36-19-12-20-39(29-36)51-54-52(40-26-25-34-15-4-5-16-35(34)30-40)56-53(55-51)43-27-28-48-49(42-22-9-11-24-47(42)58-48)50(43)57-45-23-10-8-21-41(45)44-31-37-17-6-7-18-38(37)32-46(44)57/h1-32H. The number of fused-ring (bicyclic) bond motifs is 8. The molecule has 58 heavy (non-hydrogen) atoms. The predicted octanol–water partition coefficient (Wildman–Crippen LogP) is 13.8. The first-order valence-corrected chi connectivity index (χ1v) is 19.5. The molecule has 0 saturated heterocycles. The first kappa shape index (κ1) is 32.4. The summed E-state index contributed by atoms with van der Waals surface area (Å²) in [4.78, 5) is 16.0. The Morgan fingerprint density at radius 3 is 1.79 bits per heavy atom. The number of aromatic nitrogens is 4. The zero-order valence-corrected chi connectivity index (χ0v) is 31.2. The Labute approximate surface area is 333 Å². The summed E-state index contributed by atoms with van der Waals surface area (Å²) in [6.45, 7) is 0. The van der Waals surface area contributed by atoms with Crippen molar-refractivity contribution in [2.75, 3.05) is 0 Å². The second kappa shape index (κ2) is 12.8. The summed E-state index contributed by atoms with van der Waals surface area (Å²) >= 11 is 0. The van der Waals surface area contributed by atoms with Crippen LogP contribution in [0.3, 0.4) is 0 Å². The largest absolute Gasteiger partial charge is 0.456 e. The highest BCUT2D eigenvalue weighted by Crippen LogP contribution is 2.44. The minimum atomic E-state index is 0.576. The molecule has 0 aliphatic heterocycles. The van der Waals surface area contributed by atoms with Crippen LogP contribution in [0.4, 0.5) is 0 Å². The van der Waals surface area contributed by atoms with E-state index < -0.39 is 0 Å². The van der Waals surface area contributed by atoms with Crippen molar-refractivity contribution >= 4 is 65.3 Å². The Balaban J connectivity index is 1.20. The van der Waals surface area contributed by atoms with Gasteiger partial charge in [0, 0.05) is 32.8 Å². The van der Waals surface area contributed by atoms with E-state index in [4.69, 9.17) is 19.4 Å². The molecule has 0 amide bonds. The molecule has 3 heterocycles. The average Bonchev–Trinajstić information content (AvgIpc) is 3.83. The van der Waals surface area contributed by atoms with Gasteiger partial charge in [0.15, 0.2) is 17.5 Å². The molecular formula is C53H32N4O. The number of hydrogen-bond donors (Lipinski definition) is 0. The van der Waals surface area contributed by atoms with E-state index >= 15 is 0 Å². The summed E-state index contributed by atoms with van der Waals surface area (Å²) in [6.07, 6.45) is 0. The molecule has 0 aliphatic rings. The quantitative estimate of drug-likeness (QED) is 0.176. The second-order valence-corrected chi connectivity index (χ2v) is 14.8. The van der Waals surface area contributed by atoms with E-state index in [2.05, 4.69) is 180 Å². The van der Waals surface area contributed by atoms with E-state index in [1.54, 1.807) is 0 Å². The number of para-hydroxylation sites is 2. The Bertz CT molecular complexity index is 3580. The lowest BCUT2D eigenvalue weighted by molar-refractivity contribution is 0.669. The fraction of sp³-hybridized carbons (Fsp3) is 0. The van der Waals surface area contributed by atoms with E-state index in [1.807, 2.05) is 18.2 Å². The van der Waals surface area contributed by atoms with E-state index in [0.29, 0.717) is 17.5 Å². The van der Waals surface area contributed by atoms with Crippen molar-refractivity contribution in [3.63, 3.8) is 0 Å². The molecule has 3 aromatic heterocycles. The van der Waals surface area contributed by atoms with E-state index in [1.165, 1.54) is 21.5 Å². The monoisotopic (exact) mass is 740 g/mol. The first-order chi connectivity index (χ1) is 28.7. The number of benzene rings is 9. The van der Waals surface area contributed by atoms with Gasteiger partial charge in [-0.2, -0.15) is 0 Å². The van der Waals surface area contributed by atoms with Crippen molar-refractivity contribution in [3.8, 4) is 51.0 Å². The van der Waals surface area contributed by atoms with Crippen LogP contribution < -0.4 is 0 Å². The maximum absolute atomic E-state index is 6.59. The smallest absolute Gasteiger partial charge is 0.166 e. The molecule has 0 unspecified atom stereocenters. The molecule has 270 valence electrons. The molecule has 5 nitrogen and oxygen atoms in total. The van der Waals surface area contributed by atoms with Crippen LogP contribution in [0, 0.1) is 0 Å². The van der Waals surface area contributed by atoms with Gasteiger partial charge in [-0.05, 0) is 81.2 Å². The van der Waals surface area contributed by atoms with Crippen LogP contribution >= 0.6 is 0 Å². The maximum Gasteiger partial charge on any atom is 0.166 e. The molecule has 5 heteroatoms. The third-order valence-electron chi connectivity index (χ3n) is 11.4. The van der Waals surface area contributed by atoms with Crippen molar-refractivity contribution in [3.05, 3.63) is 194 Å². The van der Waals surface area contributed by atoms with Gasteiger partial charge in [0.05, 0.1) is 22.1 Å². The van der Waals surface area contributed by atoms with Gasteiger partial charge < -0.3 is 8.98 Å². The van der Waals surface area contributed by atoms with Crippen molar-refractivity contribution in [1.29, 1.82) is 0 Å². The Morgan fingerprint density at radius 1 is 0.345 bits per heavy atom. The first-order valence-electron chi connectivity index (χ1n) is 19.5. The molecule has 0 bridgehead atoms. The van der Waals surface area contributed by atoms with Crippen molar-refractivity contribution in [2.24, 2.45) is 0 Å². The number of furan rings is 1. The molecule has 9 aromatic carbocycles. The minimum Gasteiger partial charge on any atom is -0.456 e. The van der Waals surface area contributed by atoms with Crippen molar-refractivity contribution in [2.45, 2.75) is 0 Å². The summed E-state index contributed by atoms with van der Waals surface area (Å²) in [5.41, 5.74) is 9.70. The van der Waals surface area contributed by atoms with Crippen LogP contribution in [-0.2, 0) is 0 Å². The van der Waals surface area contributed by atoms with Crippen LogP contribution in [0.25, 0.3) is 116 Å². The van der Waals surface area contributed by atoms with Gasteiger partial charge in [-0.15, -0.1) is 0 Å². The Hall–Kier alpha value is -7.89. The fourth-order valence-corrected chi connectivity index (χ4v) is 8.66. The van der Waals surface area contributed by atoms with Gasteiger partial charge in [-0.3, -0.25) is 0 Å². The Morgan fingerprint density at radius 2 is 0.966 bits per heavy atom. The van der Waals surface area contributed by atoms with Crippen molar-refractivity contribution < 1.29 is 4.42 Å². The van der Waals surface area contributed by atoms with Crippen LogP contribution in [0.15, 0.2) is 199 Å². The topological polar surface area (TPSA) is 56.7 Å². The summed E-state index contributed by atoms with van der Waals surface area (Å²) in [5.74, 6) is 1.78. The summed E-state index contributed by atoms with van der Waals surface area (Å²) in [7, 11) is 0. The molecular weight excluding hydrogens is 709 g/mol. The Kier molecular flexibility index (Phi) is 7.16. The van der Waals surface area contributed by atoms with Gasteiger partial charge in [-0.1, -0.05) is 146 Å². The van der Waals surface area contributed by atoms with Crippen LogP contribution in [-0.4, -0.2) is 19.5 Å². The second-order valence-electron chi connectivity index (χ2n) is 14.8. The lowest BCUT2D eigenvalue weighted by atomic mass is 10.0. The predicted molar refractivity (Wildman–Crippen MR) is 238 cm³/mol. The van der Waals surface area contributed by atoms with Crippen LogP contribution in [0.2, 0.25) is 0 Å². The molecule has 0 aliphatic carbocycles. The fourth-order valence-electron chi connectivity index (χ4n) is 8.66. The molecule has 12 aromatic rings. The maximum atomic E-state index is 6.59. The molecule has 0 saturated carbocycles. The van der Waals surface area contributed by atoms with Crippen LogP contribution in [0.5, 0.6) is 0 Å². The number of hydrogen-bond acceptors (Lipinski definition) is 4.